The second kappa shape index (κ2) is 9.67. The number of benzene rings is 2. The molecule has 0 saturated heterocycles. The zero-order valence-electron chi connectivity index (χ0n) is 18.3. The Labute approximate surface area is 198 Å². The number of hydrogen-bond acceptors (Lipinski definition) is 5. The average Bonchev–Trinajstić information content (AvgIpc) is 3.33. The summed E-state index contributed by atoms with van der Waals surface area (Å²) in [5.41, 5.74) is 1.80. The first kappa shape index (κ1) is 23.5. The van der Waals surface area contributed by atoms with E-state index in [9.17, 15) is 13.2 Å². The van der Waals surface area contributed by atoms with Crippen LogP contribution in [-0.2, 0) is 14.3 Å². The van der Waals surface area contributed by atoms with Gasteiger partial charge in [0.1, 0.15) is 5.60 Å². The van der Waals surface area contributed by atoms with E-state index in [0.29, 0.717) is 23.4 Å². The first-order chi connectivity index (χ1) is 15.8. The summed E-state index contributed by atoms with van der Waals surface area (Å²) in [6, 6.07) is 13.5. The van der Waals surface area contributed by atoms with Crippen LogP contribution in [0.4, 0.5) is 0 Å². The van der Waals surface area contributed by atoms with E-state index in [4.69, 9.17) is 15.8 Å². The average molecular weight is 488 g/mol. The SMILES string of the molecule is Cc1ccc(S(=O)(=O)OC2(CNC(=O)c3cc(-c4ccn[nH]4)ccc3Cl)CCCCC2)cc1. The number of carbonyl (C=O) groups excluding carboxylic acids is 1. The van der Waals surface area contributed by atoms with Gasteiger partial charge in [0.05, 0.1) is 21.2 Å². The standard InChI is InChI=1S/C24H26ClN3O4S/c1-17-5-8-19(9-6-17)33(30,31)32-24(12-3-2-4-13-24)16-26-23(29)20-15-18(7-10-21(20)25)22-11-14-27-28-22/h5-11,14-15H,2-4,12-13,16H2,1H3,(H,26,29)(H,27,28). The van der Waals surface area contributed by atoms with Gasteiger partial charge < -0.3 is 5.32 Å². The lowest BCUT2D eigenvalue weighted by molar-refractivity contribution is 0.0355. The minimum atomic E-state index is -3.98. The molecule has 0 atom stereocenters. The first-order valence-corrected chi connectivity index (χ1v) is 12.7. The van der Waals surface area contributed by atoms with Crippen LogP contribution in [-0.4, -0.2) is 36.7 Å². The van der Waals surface area contributed by atoms with Crippen molar-refractivity contribution in [2.75, 3.05) is 6.54 Å². The Hall–Kier alpha value is -2.68. The highest BCUT2D eigenvalue weighted by Crippen LogP contribution is 2.34. The van der Waals surface area contributed by atoms with E-state index in [1.54, 1.807) is 54.7 Å². The molecule has 174 valence electrons. The second-order valence-electron chi connectivity index (χ2n) is 8.44. The molecule has 4 rings (SSSR count). The summed E-state index contributed by atoms with van der Waals surface area (Å²) in [7, 11) is -3.98. The zero-order chi connectivity index (χ0) is 23.5. The fraction of sp³-hybridized carbons (Fsp3) is 0.333. The Morgan fingerprint density at radius 2 is 1.85 bits per heavy atom. The number of H-pyrrole nitrogens is 1. The van der Waals surface area contributed by atoms with Crippen molar-refractivity contribution in [3.63, 3.8) is 0 Å². The van der Waals surface area contributed by atoms with Crippen molar-refractivity contribution in [2.45, 2.75) is 49.5 Å². The van der Waals surface area contributed by atoms with Gasteiger partial charge in [-0.25, -0.2) is 0 Å². The molecule has 1 aliphatic carbocycles. The monoisotopic (exact) mass is 487 g/mol. The van der Waals surface area contributed by atoms with E-state index in [-0.39, 0.29) is 17.3 Å². The van der Waals surface area contributed by atoms with Crippen LogP contribution in [0.5, 0.6) is 0 Å². The third-order valence-corrected chi connectivity index (χ3v) is 7.71. The molecule has 9 heteroatoms. The molecule has 2 N–H and O–H groups in total. The fourth-order valence-electron chi connectivity index (χ4n) is 4.09. The van der Waals surface area contributed by atoms with Gasteiger partial charge in [0.25, 0.3) is 16.0 Å². The summed E-state index contributed by atoms with van der Waals surface area (Å²) in [6.07, 6.45) is 5.37. The minimum Gasteiger partial charge on any atom is -0.349 e. The lowest BCUT2D eigenvalue weighted by Gasteiger charge is -2.36. The summed E-state index contributed by atoms with van der Waals surface area (Å²) in [6.45, 7) is 1.96. The molecule has 2 aromatic carbocycles. The predicted molar refractivity (Wildman–Crippen MR) is 127 cm³/mol. The minimum absolute atomic E-state index is 0.0710. The number of aromatic nitrogens is 2. The van der Waals surface area contributed by atoms with Crippen molar-refractivity contribution < 1.29 is 17.4 Å². The van der Waals surface area contributed by atoms with Gasteiger partial charge in [0.2, 0.25) is 0 Å². The quantitative estimate of drug-likeness (QED) is 0.462. The second-order valence-corrected chi connectivity index (χ2v) is 10.4. The van der Waals surface area contributed by atoms with Crippen LogP contribution in [0.3, 0.4) is 0 Å². The summed E-state index contributed by atoms with van der Waals surface area (Å²) in [5.74, 6) is -0.386. The maximum Gasteiger partial charge on any atom is 0.297 e. The highest BCUT2D eigenvalue weighted by Gasteiger charge is 2.39. The molecular formula is C24H26ClN3O4S. The number of hydrogen-bond donors (Lipinski definition) is 2. The van der Waals surface area contributed by atoms with Crippen LogP contribution in [0, 0.1) is 6.92 Å². The van der Waals surface area contributed by atoms with Gasteiger partial charge in [-0.1, -0.05) is 54.6 Å². The number of aryl methyl sites for hydroxylation is 1. The summed E-state index contributed by atoms with van der Waals surface area (Å²) >= 11 is 6.29. The third-order valence-electron chi connectivity index (χ3n) is 5.95. The highest BCUT2D eigenvalue weighted by atomic mass is 35.5. The van der Waals surface area contributed by atoms with E-state index in [1.807, 2.05) is 6.92 Å². The number of halogens is 1. The van der Waals surface area contributed by atoms with Crippen molar-refractivity contribution in [3.8, 4) is 11.3 Å². The van der Waals surface area contributed by atoms with Crippen LogP contribution in [0.15, 0.2) is 59.6 Å². The maximum absolute atomic E-state index is 13.0. The Kier molecular flexibility index (Phi) is 6.88. The topological polar surface area (TPSA) is 101 Å². The van der Waals surface area contributed by atoms with E-state index >= 15 is 0 Å². The fourth-order valence-corrected chi connectivity index (χ4v) is 5.55. The molecule has 1 aliphatic rings. The molecule has 1 amide bonds. The molecule has 0 bridgehead atoms. The number of aromatic amines is 1. The van der Waals surface area contributed by atoms with Crippen molar-refractivity contribution in [3.05, 3.63) is 70.9 Å². The zero-order valence-corrected chi connectivity index (χ0v) is 19.9. The molecule has 1 heterocycles. The van der Waals surface area contributed by atoms with Crippen molar-refractivity contribution in [1.82, 2.24) is 15.5 Å². The number of nitrogens with zero attached hydrogens (tertiary/aromatic N) is 1. The predicted octanol–water partition coefficient (Wildman–Crippen LogP) is 4.88. The van der Waals surface area contributed by atoms with E-state index in [2.05, 4.69) is 15.5 Å². The lowest BCUT2D eigenvalue weighted by atomic mass is 9.85. The van der Waals surface area contributed by atoms with Crippen LogP contribution in [0.1, 0.15) is 48.0 Å². The Morgan fingerprint density at radius 1 is 1.12 bits per heavy atom. The van der Waals surface area contributed by atoms with Crippen LogP contribution < -0.4 is 5.32 Å². The number of carbonyl (C=O) groups is 1. The highest BCUT2D eigenvalue weighted by molar-refractivity contribution is 7.86. The molecular weight excluding hydrogens is 462 g/mol. The molecule has 1 saturated carbocycles. The molecule has 7 nitrogen and oxygen atoms in total. The van der Waals surface area contributed by atoms with Crippen molar-refractivity contribution >= 4 is 27.6 Å². The van der Waals surface area contributed by atoms with Crippen molar-refractivity contribution in [2.24, 2.45) is 0 Å². The smallest absolute Gasteiger partial charge is 0.297 e. The largest absolute Gasteiger partial charge is 0.349 e. The number of rotatable bonds is 7. The van der Waals surface area contributed by atoms with Gasteiger partial charge in [-0.05, 0) is 50.1 Å². The summed E-state index contributed by atoms with van der Waals surface area (Å²) in [5, 5.41) is 9.97. The van der Waals surface area contributed by atoms with Gasteiger partial charge in [0.15, 0.2) is 0 Å². The van der Waals surface area contributed by atoms with E-state index in [1.165, 1.54) is 0 Å². The summed E-state index contributed by atoms with van der Waals surface area (Å²) in [4.78, 5) is 13.1. The molecule has 1 fully saturated rings. The molecule has 0 radical (unpaired) electrons. The molecule has 3 aromatic rings. The normalized spacial score (nSPS) is 15.8. The van der Waals surface area contributed by atoms with E-state index in [0.717, 1.165) is 36.1 Å². The van der Waals surface area contributed by atoms with Crippen LogP contribution in [0.2, 0.25) is 5.02 Å². The first-order valence-electron chi connectivity index (χ1n) is 10.9. The molecule has 1 aromatic heterocycles. The van der Waals surface area contributed by atoms with Gasteiger partial charge in [-0.2, -0.15) is 13.5 Å². The van der Waals surface area contributed by atoms with Gasteiger partial charge in [-0.3, -0.25) is 14.1 Å². The Bertz CT molecular complexity index is 1220. The maximum atomic E-state index is 13.0. The Balaban J connectivity index is 1.53. The third kappa shape index (κ3) is 5.46. The van der Waals surface area contributed by atoms with Crippen molar-refractivity contribution in [1.29, 1.82) is 0 Å². The molecule has 0 spiro atoms. The van der Waals surface area contributed by atoms with Gasteiger partial charge in [0, 0.05) is 18.3 Å². The summed E-state index contributed by atoms with van der Waals surface area (Å²) < 4.78 is 31.8. The lowest BCUT2D eigenvalue weighted by Crippen LogP contribution is -2.47. The molecule has 0 aliphatic heterocycles. The van der Waals surface area contributed by atoms with Gasteiger partial charge >= 0.3 is 0 Å². The molecule has 33 heavy (non-hydrogen) atoms. The van der Waals surface area contributed by atoms with E-state index < -0.39 is 15.7 Å². The van der Waals surface area contributed by atoms with Gasteiger partial charge in [-0.15, -0.1) is 0 Å². The van der Waals surface area contributed by atoms with Crippen LogP contribution >= 0.6 is 11.6 Å². The Morgan fingerprint density at radius 3 is 2.52 bits per heavy atom. The molecule has 0 unspecified atom stereocenters. The number of amides is 1. The number of nitrogens with one attached hydrogen (secondary N) is 2. The van der Waals surface area contributed by atoms with Crippen LogP contribution in [0.25, 0.3) is 11.3 Å².